The molecule has 1 aliphatic rings. The Morgan fingerprint density at radius 2 is 2.32 bits per heavy atom. The molecular formula is C13H16N2O3S. The lowest BCUT2D eigenvalue weighted by molar-refractivity contribution is -0.125. The predicted octanol–water partition coefficient (Wildman–Crippen LogP) is 0.709. The molecule has 1 N–H and O–H groups in total. The number of anilines is 1. The number of hydrogen-bond donors (Lipinski definition) is 2. The second kappa shape index (κ2) is 6.58. The summed E-state index contributed by atoms with van der Waals surface area (Å²) in [7, 11) is 0. The Hall–Kier alpha value is -1.53. The molecular weight excluding hydrogens is 264 g/mol. The van der Waals surface area contributed by atoms with Crippen molar-refractivity contribution in [1.29, 1.82) is 0 Å². The lowest BCUT2D eigenvalue weighted by Crippen LogP contribution is -2.41. The summed E-state index contributed by atoms with van der Waals surface area (Å²) in [5.74, 6) is 0.351. The van der Waals surface area contributed by atoms with Crippen molar-refractivity contribution >= 4 is 30.1 Å². The Morgan fingerprint density at radius 3 is 3.05 bits per heavy atom. The third kappa shape index (κ3) is 3.48. The molecule has 0 aromatic heterocycles. The highest BCUT2D eigenvalue weighted by Crippen LogP contribution is 2.18. The standard InChI is InChI=1S/C13H16N2O3S/c16-12-9-18-6-5-15(12)11-3-1-2-10(8-11)13(17)14-4-7-19/h1-3,8,19H,4-7,9H2,(H,14,17). The summed E-state index contributed by atoms with van der Waals surface area (Å²) < 4.78 is 5.09. The monoisotopic (exact) mass is 280 g/mol. The Morgan fingerprint density at radius 1 is 1.47 bits per heavy atom. The molecule has 1 saturated heterocycles. The van der Waals surface area contributed by atoms with Gasteiger partial charge in [0.1, 0.15) is 6.61 Å². The van der Waals surface area contributed by atoms with E-state index < -0.39 is 0 Å². The first-order valence-electron chi connectivity index (χ1n) is 6.09. The van der Waals surface area contributed by atoms with Crippen molar-refractivity contribution in [1.82, 2.24) is 5.32 Å². The number of amides is 2. The van der Waals surface area contributed by atoms with Crippen molar-refractivity contribution in [3.05, 3.63) is 29.8 Å². The van der Waals surface area contributed by atoms with Crippen LogP contribution in [0.5, 0.6) is 0 Å². The molecule has 102 valence electrons. The van der Waals surface area contributed by atoms with Crippen molar-refractivity contribution in [2.24, 2.45) is 0 Å². The molecule has 0 atom stereocenters. The molecule has 0 spiro atoms. The maximum absolute atomic E-state index is 11.8. The fourth-order valence-electron chi connectivity index (χ4n) is 1.88. The van der Waals surface area contributed by atoms with E-state index in [-0.39, 0.29) is 18.4 Å². The van der Waals surface area contributed by atoms with E-state index in [2.05, 4.69) is 17.9 Å². The van der Waals surface area contributed by atoms with E-state index in [0.29, 0.717) is 31.0 Å². The van der Waals surface area contributed by atoms with Crippen LogP contribution in [0.2, 0.25) is 0 Å². The maximum atomic E-state index is 11.8. The van der Waals surface area contributed by atoms with Gasteiger partial charge in [0.2, 0.25) is 0 Å². The first kappa shape index (κ1) is 13.9. The summed E-state index contributed by atoms with van der Waals surface area (Å²) in [6.07, 6.45) is 0. The van der Waals surface area contributed by atoms with Gasteiger partial charge >= 0.3 is 0 Å². The van der Waals surface area contributed by atoms with Crippen molar-refractivity contribution in [2.75, 3.05) is 37.0 Å². The number of benzene rings is 1. The van der Waals surface area contributed by atoms with Crippen LogP contribution >= 0.6 is 12.6 Å². The van der Waals surface area contributed by atoms with Crippen molar-refractivity contribution in [3.8, 4) is 0 Å². The van der Waals surface area contributed by atoms with Crippen LogP contribution in [-0.4, -0.2) is 43.9 Å². The summed E-state index contributed by atoms with van der Waals surface area (Å²) in [4.78, 5) is 25.2. The summed E-state index contributed by atoms with van der Waals surface area (Å²) in [5.41, 5.74) is 1.27. The molecule has 0 unspecified atom stereocenters. The van der Waals surface area contributed by atoms with E-state index in [9.17, 15) is 9.59 Å². The number of nitrogens with zero attached hydrogens (tertiary/aromatic N) is 1. The van der Waals surface area contributed by atoms with E-state index in [1.807, 2.05) is 6.07 Å². The zero-order valence-corrected chi connectivity index (χ0v) is 11.4. The molecule has 0 radical (unpaired) electrons. The van der Waals surface area contributed by atoms with Crippen LogP contribution in [-0.2, 0) is 9.53 Å². The fraction of sp³-hybridized carbons (Fsp3) is 0.385. The summed E-state index contributed by atoms with van der Waals surface area (Å²) >= 11 is 4.04. The van der Waals surface area contributed by atoms with E-state index in [1.54, 1.807) is 23.1 Å². The first-order valence-corrected chi connectivity index (χ1v) is 6.73. The van der Waals surface area contributed by atoms with Gasteiger partial charge < -0.3 is 15.0 Å². The second-order valence-electron chi connectivity index (χ2n) is 4.13. The van der Waals surface area contributed by atoms with Gasteiger partial charge in [-0.15, -0.1) is 0 Å². The van der Waals surface area contributed by atoms with Crippen LogP contribution in [0.1, 0.15) is 10.4 Å². The van der Waals surface area contributed by atoms with Crippen LogP contribution in [0, 0.1) is 0 Å². The Balaban J connectivity index is 2.14. The second-order valence-corrected chi connectivity index (χ2v) is 4.58. The highest BCUT2D eigenvalue weighted by molar-refractivity contribution is 7.80. The van der Waals surface area contributed by atoms with Crippen LogP contribution in [0.15, 0.2) is 24.3 Å². The lowest BCUT2D eigenvalue weighted by Gasteiger charge is -2.27. The summed E-state index contributed by atoms with van der Waals surface area (Å²) in [5, 5.41) is 2.75. The number of rotatable bonds is 4. The van der Waals surface area contributed by atoms with Gasteiger partial charge in [0, 0.05) is 30.1 Å². The molecule has 1 aromatic rings. The molecule has 1 heterocycles. The summed E-state index contributed by atoms with van der Waals surface area (Å²) in [6.45, 7) is 1.64. The molecule has 0 aliphatic carbocycles. The highest BCUT2D eigenvalue weighted by atomic mass is 32.1. The largest absolute Gasteiger partial charge is 0.370 e. The number of hydrogen-bond acceptors (Lipinski definition) is 4. The van der Waals surface area contributed by atoms with Crippen molar-refractivity contribution < 1.29 is 14.3 Å². The minimum atomic E-state index is -0.156. The average molecular weight is 280 g/mol. The number of carbonyl (C=O) groups excluding carboxylic acids is 2. The fourth-order valence-corrected chi connectivity index (χ4v) is 1.99. The minimum Gasteiger partial charge on any atom is -0.370 e. The van der Waals surface area contributed by atoms with Gasteiger partial charge in [0.25, 0.3) is 11.8 Å². The first-order chi connectivity index (χ1) is 9.22. The van der Waals surface area contributed by atoms with E-state index in [1.165, 1.54) is 0 Å². The number of ether oxygens (including phenoxy) is 1. The molecule has 2 amide bonds. The van der Waals surface area contributed by atoms with Gasteiger partial charge in [0.05, 0.1) is 6.61 Å². The quantitative estimate of drug-likeness (QED) is 0.799. The number of nitrogens with one attached hydrogen (secondary N) is 1. The maximum Gasteiger partial charge on any atom is 0.253 e. The average Bonchev–Trinajstić information content (AvgIpc) is 2.45. The van der Waals surface area contributed by atoms with Gasteiger partial charge in [0.15, 0.2) is 0 Å². The zero-order chi connectivity index (χ0) is 13.7. The van der Waals surface area contributed by atoms with Crippen LogP contribution in [0.4, 0.5) is 5.69 Å². The molecule has 2 rings (SSSR count). The number of thiol groups is 1. The molecule has 1 aromatic carbocycles. The van der Waals surface area contributed by atoms with Crippen LogP contribution in [0.3, 0.4) is 0 Å². The number of carbonyl (C=O) groups is 2. The van der Waals surface area contributed by atoms with Gasteiger partial charge in [-0.1, -0.05) is 6.07 Å². The van der Waals surface area contributed by atoms with Crippen molar-refractivity contribution in [3.63, 3.8) is 0 Å². The normalized spacial score (nSPS) is 15.4. The van der Waals surface area contributed by atoms with Crippen LogP contribution in [0.25, 0.3) is 0 Å². The molecule has 1 aliphatic heterocycles. The van der Waals surface area contributed by atoms with E-state index >= 15 is 0 Å². The zero-order valence-electron chi connectivity index (χ0n) is 10.5. The van der Waals surface area contributed by atoms with Crippen LogP contribution < -0.4 is 10.2 Å². The molecule has 5 nitrogen and oxygen atoms in total. The SMILES string of the molecule is O=C(NCCS)c1cccc(N2CCOCC2=O)c1. The Bertz CT molecular complexity index is 479. The third-order valence-electron chi connectivity index (χ3n) is 2.80. The smallest absolute Gasteiger partial charge is 0.253 e. The van der Waals surface area contributed by atoms with Gasteiger partial charge in [-0.25, -0.2) is 0 Å². The predicted molar refractivity (Wildman–Crippen MR) is 75.8 cm³/mol. The van der Waals surface area contributed by atoms with E-state index in [0.717, 1.165) is 5.69 Å². The molecule has 0 saturated carbocycles. The molecule has 6 heteroatoms. The van der Waals surface area contributed by atoms with Gasteiger partial charge in [-0.05, 0) is 18.2 Å². The van der Waals surface area contributed by atoms with E-state index in [4.69, 9.17) is 4.74 Å². The topological polar surface area (TPSA) is 58.6 Å². The minimum absolute atomic E-state index is 0.0841. The molecule has 19 heavy (non-hydrogen) atoms. The van der Waals surface area contributed by atoms with Gasteiger partial charge in [-0.3, -0.25) is 9.59 Å². The van der Waals surface area contributed by atoms with Gasteiger partial charge in [-0.2, -0.15) is 12.6 Å². The third-order valence-corrected chi connectivity index (χ3v) is 3.03. The molecule has 1 fully saturated rings. The van der Waals surface area contributed by atoms with Crippen molar-refractivity contribution in [2.45, 2.75) is 0 Å². The summed E-state index contributed by atoms with van der Waals surface area (Å²) in [6, 6.07) is 7.03. The molecule has 0 bridgehead atoms. The lowest BCUT2D eigenvalue weighted by atomic mass is 10.1. The highest BCUT2D eigenvalue weighted by Gasteiger charge is 2.20. The number of morpholine rings is 1. The Labute approximate surface area is 117 Å². The Kier molecular flexibility index (Phi) is 4.81.